The van der Waals surface area contributed by atoms with Crippen LogP contribution in [0.2, 0.25) is 0 Å². The highest BCUT2D eigenvalue weighted by Gasteiger charge is 2.56. The van der Waals surface area contributed by atoms with E-state index in [2.05, 4.69) is 4.84 Å². The van der Waals surface area contributed by atoms with Gasteiger partial charge in [0.25, 0.3) is 0 Å². The number of nitrogens with one attached hydrogen (secondary N) is 1. The van der Waals surface area contributed by atoms with E-state index in [1.54, 1.807) is 0 Å². The number of rotatable bonds is 0. The van der Waals surface area contributed by atoms with Crippen LogP contribution in [0, 0.1) is 0 Å². The molecule has 3 nitrogen and oxygen atoms in total. The van der Waals surface area contributed by atoms with E-state index in [9.17, 15) is 13.2 Å². The van der Waals surface area contributed by atoms with Gasteiger partial charge >= 0.3 is 6.18 Å². The molecule has 1 fully saturated rings. The summed E-state index contributed by atoms with van der Waals surface area (Å²) in [5.74, 6) is 0. The number of alkyl halides is 3. The molecule has 1 unspecified atom stereocenters. The molecule has 1 atom stereocenters. The maximum absolute atomic E-state index is 11.8. The number of hydrogen-bond donors (Lipinski definition) is 2. The van der Waals surface area contributed by atoms with Crippen molar-refractivity contribution in [3.63, 3.8) is 0 Å². The van der Waals surface area contributed by atoms with Crippen LogP contribution >= 0.6 is 0 Å². The van der Waals surface area contributed by atoms with Crippen LogP contribution in [0.1, 0.15) is 0 Å². The van der Waals surface area contributed by atoms with Crippen LogP contribution in [0.25, 0.3) is 0 Å². The zero-order valence-electron chi connectivity index (χ0n) is 4.90. The summed E-state index contributed by atoms with van der Waals surface area (Å²) in [5.41, 5.74) is -0.752. The van der Waals surface area contributed by atoms with E-state index in [-0.39, 0.29) is 0 Å². The molecule has 1 rings (SSSR count). The lowest BCUT2D eigenvalue weighted by molar-refractivity contribution is -0.252. The van der Waals surface area contributed by atoms with Crippen molar-refractivity contribution in [2.24, 2.45) is 0 Å². The zero-order chi connectivity index (χ0) is 7.83. The average molecular weight is 157 g/mol. The molecule has 60 valence electrons. The van der Waals surface area contributed by atoms with Crippen molar-refractivity contribution in [3.05, 3.63) is 0 Å². The van der Waals surface area contributed by atoms with Crippen molar-refractivity contribution in [1.29, 1.82) is 0 Å². The van der Waals surface area contributed by atoms with Gasteiger partial charge in [0.2, 0.25) is 5.60 Å². The second-order valence-electron chi connectivity index (χ2n) is 2.14. The third-order valence-electron chi connectivity index (χ3n) is 1.31. The normalized spacial score (nSPS) is 34.8. The molecular formula is C4H6F3NO2. The van der Waals surface area contributed by atoms with Gasteiger partial charge in [-0.15, -0.1) is 0 Å². The van der Waals surface area contributed by atoms with Crippen molar-refractivity contribution >= 4 is 0 Å². The number of halogens is 3. The molecular weight excluding hydrogens is 151 g/mol. The van der Waals surface area contributed by atoms with E-state index in [0.717, 1.165) is 0 Å². The van der Waals surface area contributed by atoms with E-state index in [1.807, 2.05) is 5.48 Å². The Kier molecular flexibility index (Phi) is 1.61. The number of aliphatic hydroxyl groups is 1. The van der Waals surface area contributed by atoms with Gasteiger partial charge in [-0.25, -0.2) is 0 Å². The van der Waals surface area contributed by atoms with Crippen LogP contribution in [0.4, 0.5) is 13.2 Å². The molecule has 0 aromatic carbocycles. The average Bonchev–Trinajstić information content (AvgIpc) is 2.13. The molecule has 1 aliphatic heterocycles. The molecule has 0 aromatic rings. The monoisotopic (exact) mass is 157 g/mol. The fourth-order valence-corrected chi connectivity index (χ4v) is 0.574. The zero-order valence-corrected chi connectivity index (χ0v) is 4.90. The highest BCUT2D eigenvalue weighted by atomic mass is 19.4. The number of hydrogen-bond acceptors (Lipinski definition) is 3. The topological polar surface area (TPSA) is 41.5 Å². The Balaban J connectivity index is 2.67. The van der Waals surface area contributed by atoms with Gasteiger partial charge in [-0.05, 0) is 0 Å². The number of β-amino-alcohol motifs (C(OH)–C–C–N with tert-alkyl or cyclic N) is 1. The Bertz CT molecular complexity index is 129. The van der Waals surface area contributed by atoms with Crippen molar-refractivity contribution in [3.8, 4) is 0 Å². The van der Waals surface area contributed by atoms with Crippen molar-refractivity contribution in [2.75, 3.05) is 13.2 Å². The smallest absolute Gasteiger partial charge is 0.378 e. The van der Waals surface area contributed by atoms with E-state index in [0.29, 0.717) is 0 Å². The van der Waals surface area contributed by atoms with E-state index in [4.69, 9.17) is 5.11 Å². The molecule has 0 aromatic heterocycles. The van der Waals surface area contributed by atoms with Gasteiger partial charge in [0, 0.05) is 0 Å². The lowest BCUT2D eigenvalue weighted by Crippen LogP contribution is -2.49. The Morgan fingerprint density at radius 3 is 2.30 bits per heavy atom. The Morgan fingerprint density at radius 2 is 2.10 bits per heavy atom. The van der Waals surface area contributed by atoms with Crippen molar-refractivity contribution in [1.82, 2.24) is 5.48 Å². The van der Waals surface area contributed by atoms with Crippen LogP contribution < -0.4 is 5.48 Å². The summed E-state index contributed by atoms with van der Waals surface area (Å²) in [7, 11) is 0. The summed E-state index contributed by atoms with van der Waals surface area (Å²) in [4.78, 5) is 4.17. The fraction of sp³-hybridized carbons (Fsp3) is 1.00. The summed E-state index contributed by atoms with van der Waals surface area (Å²) >= 11 is 0. The molecule has 10 heavy (non-hydrogen) atoms. The lowest BCUT2D eigenvalue weighted by atomic mass is 10.1. The summed E-state index contributed by atoms with van der Waals surface area (Å²) in [6, 6.07) is 0. The third-order valence-corrected chi connectivity index (χ3v) is 1.31. The van der Waals surface area contributed by atoms with Gasteiger partial charge in [0.1, 0.15) is 6.61 Å². The van der Waals surface area contributed by atoms with Gasteiger partial charge in [-0.2, -0.15) is 18.7 Å². The summed E-state index contributed by atoms with van der Waals surface area (Å²) in [6.07, 6.45) is -4.61. The molecule has 1 saturated heterocycles. The minimum absolute atomic E-state index is 0.601. The Morgan fingerprint density at radius 1 is 1.50 bits per heavy atom. The predicted octanol–water partition coefficient (Wildman–Crippen LogP) is -0.185. The molecule has 0 spiro atoms. The predicted molar refractivity (Wildman–Crippen MR) is 25.0 cm³/mol. The van der Waals surface area contributed by atoms with Crippen LogP contribution in [0.15, 0.2) is 0 Å². The summed E-state index contributed by atoms with van der Waals surface area (Å²) < 4.78 is 35.3. The molecule has 1 heterocycles. The second-order valence-corrected chi connectivity index (χ2v) is 2.14. The highest BCUT2D eigenvalue weighted by Crippen LogP contribution is 2.31. The first-order valence-electron chi connectivity index (χ1n) is 2.59. The molecule has 0 saturated carbocycles. The van der Waals surface area contributed by atoms with Crippen molar-refractivity contribution in [2.45, 2.75) is 11.8 Å². The first-order valence-corrected chi connectivity index (χ1v) is 2.59. The Hall–Kier alpha value is -0.330. The molecule has 0 aliphatic carbocycles. The standard InChI is InChI=1S/C4H6F3NO2/c5-4(6,7)3(9)1-8-10-2-3/h8-9H,1-2H2. The molecule has 1 aliphatic rings. The maximum atomic E-state index is 11.8. The van der Waals surface area contributed by atoms with Crippen LogP contribution in [-0.4, -0.2) is 30.0 Å². The summed E-state index contributed by atoms with van der Waals surface area (Å²) in [5, 5.41) is 8.72. The highest BCUT2D eigenvalue weighted by molar-refractivity contribution is 4.90. The molecule has 0 radical (unpaired) electrons. The van der Waals surface area contributed by atoms with Crippen LogP contribution in [0.3, 0.4) is 0 Å². The SMILES string of the molecule is OC1(C(F)(F)F)CNOC1. The third kappa shape index (κ3) is 1.09. The van der Waals surface area contributed by atoms with Crippen LogP contribution in [-0.2, 0) is 4.84 Å². The second kappa shape index (κ2) is 2.08. The van der Waals surface area contributed by atoms with Gasteiger partial charge in [-0.1, -0.05) is 0 Å². The minimum Gasteiger partial charge on any atom is -0.378 e. The van der Waals surface area contributed by atoms with E-state index in [1.165, 1.54) is 0 Å². The van der Waals surface area contributed by atoms with Gasteiger partial charge in [0.05, 0.1) is 6.54 Å². The maximum Gasteiger partial charge on any atom is 0.420 e. The molecule has 6 heteroatoms. The quantitative estimate of drug-likeness (QED) is 0.512. The van der Waals surface area contributed by atoms with Crippen molar-refractivity contribution < 1.29 is 23.1 Å². The fourth-order valence-electron chi connectivity index (χ4n) is 0.574. The molecule has 0 bridgehead atoms. The largest absolute Gasteiger partial charge is 0.420 e. The minimum atomic E-state index is -4.61. The van der Waals surface area contributed by atoms with E-state index >= 15 is 0 Å². The van der Waals surface area contributed by atoms with Gasteiger partial charge in [-0.3, -0.25) is 4.84 Å². The molecule has 2 N–H and O–H groups in total. The summed E-state index contributed by atoms with van der Waals surface area (Å²) in [6.45, 7) is -1.34. The van der Waals surface area contributed by atoms with Gasteiger partial charge < -0.3 is 5.11 Å². The first-order chi connectivity index (χ1) is 4.46. The first kappa shape index (κ1) is 7.77. The number of hydroxylamine groups is 1. The lowest BCUT2D eigenvalue weighted by Gasteiger charge is -2.21. The molecule has 0 amide bonds. The van der Waals surface area contributed by atoms with E-state index < -0.39 is 24.9 Å². The van der Waals surface area contributed by atoms with Gasteiger partial charge in [0.15, 0.2) is 0 Å². The Labute approximate surface area is 54.7 Å². The van der Waals surface area contributed by atoms with Crippen LogP contribution in [0.5, 0.6) is 0 Å².